The monoisotopic (exact) mass is 215 g/mol. The average molecular weight is 215 g/mol. The second kappa shape index (κ2) is 4.18. The third-order valence-electron chi connectivity index (χ3n) is 2.42. The van der Waals surface area contributed by atoms with E-state index < -0.39 is 0 Å². The van der Waals surface area contributed by atoms with Crippen molar-refractivity contribution in [2.45, 2.75) is 13.3 Å². The predicted octanol–water partition coefficient (Wildman–Crippen LogP) is 1.21. The van der Waals surface area contributed by atoms with Crippen molar-refractivity contribution in [3.63, 3.8) is 0 Å². The average Bonchev–Trinajstić information content (AvgIpc) is 2.65. The summed E-state index contributed by atoms with van der Waals surface area (Å²) in [5.74, 6) is 0.620. The van der Waals surface area contributed by atoms with Crippen molar-refractivity contribution >= 4 is 5.91 Å². The van der Waals surface area contributed by atoms with Crippen molar-refractivity contribution in [3.8, 4) is 5.69 Å². The number of aromatic nitrogens is 2. The summed E-state index contributed by atoms with van der Waals surface area (Å²) in [4.78, 5) is 14.9. The molecule has 2 aromatic rings. The largest absolute Gasteiger partial charge is 0.369 e. The zero-order chi connectivity index (χ0) is 11.5. The van der Waals surface area contributed by atoms with E-state index in [1.54, 1.807) is 6.20 Å². The third-order valence-corrected chi connectivity index (χ3v) is 2.42. The lowest BCUT2D eigenvalue weighted by Crippen LogP contribution is -2.13. The van der Waals surface area contributed by atoms with E-state index >= 15 is 0 Å². The maximum atomic E-state index is 10.7. The lowest BCUT2D eigenvalue weighted by atomic mass is 10.1. The first-order valence-corrected chi connectivity index (χ1v) is 5.04. The standard InChI is InChI=1S/C12H13N3O/c1-9-14-6-7-15(9)11-4-2-10(3-5-11)8-12(13)16/h2-7H,8H2,1H3,(H2,13,16). The molecule has 0 atom stereocenters. The molecule has 0 aliphatic rings. The van der Waals surface area contributed by atoms with Crippen molar-refractivity contribution in [2.75, 3.05) is 0 Å². The Morgan fingerprint density at radius 1 is 1.38 bits per heavy atom. The number of carbonyl (C=O) groups excluding carboxylic acids is 1. The van der Waals surface area contributed by atoms with Crippen LogP contribution in [0.25, 0.3) is 5.69 Å². The van der Waals surface area contributed by atoms with Gasteiger partial charge >= 0.3 is 0 Å². The highest BCUT2D eigenvalue weighted by Gasteiger charge is 2.01. The minimum atomic E-state index is -0.313. The molecule has 2 N–H and O–H groups in total. The predicted molar refractivity (Wildman–Crippen MR) is 61.2 cm³/mol. The Morgan fingerprint density at radius 2 is 2.06 bits per heavy atom. The molecule has 4 nitrogen and oxygen atoms in total. The van der Waals surface area contributed by atoms with E-state index in [-0.39, 0.29) is 12.3 Å². The van der Waals surface area contributed by atoms with Crippen LogP contribution in [0.5, 0.6) is 0 Å². The van der Waals surface area contributed by atoms with Gasteiger partial charge in [-0.3, -0.25) is 4.79 Å². The Kier molecular flexibility index (Phi) is 2.72. The van der Waals surface area contributed by atoms with Gasteiger partial charge in [-0.1, -0.05) is 12.1 Å². The van der Waals surface area contributed by atoms with Crippen LogP contribution in [-0.4, -0.2) is 15.5 Å². The number of benzene rings is 1. The zero-order valence-electron chi connectivity index (χ0n) is 9.05. The number of amides is 1. The summed E-state index contributed by atoms with van der Waals surface area (Å²) in [6.07, 6.45) is 3.94. The maximum absolute atomic E-state index is 10.7. The molecule has 0 fully saturated rings. The highest BCUT2D eigenvalue weighted by molar-refractivity contribution is 5.76. The van der Waals surface area contributed by atoms with Gasteiger partial charge in [0, 0.05) is 18.1 Å². The molecule has 0 unspecified atom stereocenters. The Balaban J connectivity index is 2.26. The topological polar surface area (TPSA) is 60.9 Å². The van der Waals surface area contributed by atoms with Gasteiger partial charge in [0.05, 0.1) is 6.42 Å². The minimum Gasteiger partial charge on any atom is -0.369 e. The Bertz CT molecular complexity index is 499. The van der Waals surface area contributed by atoms with Crippen LogP contribution in [0.3, 0.4) is 0 Å². The van der Waals surface area contributed by atoms with Gasteiger partial charge in [0.2, 0.25) is 5.91 Å². The van der Waals surface area contributed by atoms with Gasteiger partial charge in [-0.15, -0.1) is 0 Å². The summed E-state index contributed by atoms with van der Waals surface area (Å²) in [6, 6.07) is 7.71. The van der Waals surface area contributed by atoms with Crippen LogP contribution in [0.15, 0.2) is 36.7 Å². The summed E-state index contributed by atoms with van der Waals surface area (Å²) in [6.45, 7) is 1.94. The van der Waals surface area contributed by atoms with Gasteiger partial charge in [0.15, 0.2) is 0 Å². The number of aryl methyl sites for hydroxylation is 1. The van der Waals surface area contributed by atoms with E-state index in [9.17, 15) is 4.79 Å². The van der Waals surface area contributed by atoms with Crippen LogP contribution >= 0.6 is 0 Å². The van der Waals surface area contributed by atoms with Gasteiger partial charge in [-0.2, -0.15) is 0 Å². The molecular weight excluding hydrogens is 202 g/mol. The van der Waals surface area contributed by atoms with Crippen molar-refractivity contribution in [1.82, 2.24) is 9.55 Å². The van der Waals surface area contributed by atoms with Gasteiger partial charge in [0.25, 0.3) is 0 Å². The van der Waals surface area contributed by atoms with E-state index in [0.29, 0.717) is 0 Å². The number of nitrogens with zero attached hydrogens (tertiary/aromatic N) is 2. The van der Waals surface area contributed by atoms with Gasteiger partial charge in [-0.25, -0.2) is 4.98 Å². The zero-order valence-corrected chi connectivity index (χ0v) is 9.05. The van der Waals surface area contributed by atoms with Gasteiger partial charge in [0.1, 0.15) is 5.82 Å². The van der Waals surface area contributed by atoms with E-state index in [1.807, 2.05) is 42.0 Å². The quantitative estimate of drug-likeness (QED) is 0.836. The number of primary amides is 1. The first-order chi connectivity index (χ1) is 7.66. The highest BCUT2D eigenvalue weighted by atomic mass is 16.1. The lowest BCUT2D eigenvalue weighted by Gasteiger charge is -2.05. The minimum absolute atomic E-state index is 0.281. The Morgan fingerprint density at radius 3 is 2.56 bits per heavy atom. The number of hydrogen-bond donors (Lipinski definition) is 1. The molecule has 2 rings (SSSR count). The molecule has 0 saturated heterocycles. The molecule has 0 bridgehead atoms. The first kappa shape index (κ1) is 10.4. The molecule has 0 aliphatic carbocycles. The number of imidazole rings is 1. The summed E-state index contributed by atoms with van der Waals surface area (Å²) in [5, 5.41) is 0. The van der Waals surface area contributed by atoms with Crippen LogP contribution in [0.4, 0.5) is 0 Å². The van der Waals surface area contributed by atoms with Crippen molar-refractivity contribution < 1.29 is 4.79 Å². The van der Waals surface area contributed by atoms with E-state index in [1.165, 1.54) is 0 Å². The fraction of sp³-hybridized carbons (Fsp3) is 0.167. The van der Waals surface area contributed by atoms with Crippen LogP contribution < -0.4 is 5.73 Å². The molecule has 16 heavy (non-hydrogen) atoms. The second-order valence-corrected chi connectivity index (χ2v) is 3.65. The second-order valence-electron chi connectivity index (χ2n) is 3.65. The van der Waals surface area contributed by atoms with Gasteiger partial charge in [-0.05, 0) is 24.6 Å². The van der Waals surface area contributed by atoms with E-state index in [0.717, 1.165) is 17.1 Å². The van der Waals surface area contributed by atoms with E-state index in [2.05, 4.69) is 4.98 Å². The Hall–Kier alpha value is -2.10. The molecule has 1 heterocycles. The lowest BCUT2D eigenvalue weighted by molar-refractivity contribution is -0.117. The van der Waals surface area contributed by atoms with Crippen molar-refractivity contribution in [3.05, 3.63) is 48.0 Å². The van der Waals surface area contributed by atoms with Crippen LogP contribution in [-0.2, 0) is 11.2 Å². The first-order valence-electron chi connectivity index (χ1n) is 5.04. The summed E-state index contributed by atoms with van der Waals surface area (Å²) in [5.41, 5.74) is 7.08. The number of nitrogens with two attached hydrogens (primary N) is 1. The van der Waals surface area contributed by atoms with Crippen molar-refractivity contribution in [2.24, 2.45) is 5.73 Å². The van der Waals surface area contributed by atoms with Crippen molar-refractivity contribution in [1.29, 1.82) is 0 Å². The smallest absolute Gasteiger partial charge is 0.221 e. The molecule has 0 spiro atoms. The third kappa shape index (κ3) is 2.11. The van der Waals surface area contributed by atoms with Crippen LogP contribution in [0.2, 0.25) is 0 Å². The molecule has 4 heteroatoms. The summed E-state index contributed by atoms with van der Waals surface area (Å²) >= 11 is 0. The molecule has 82 valence electrons. The molecular formula is C12H13N3O. The maximum Gasteiger partial charge on any atom is 0.221 e. The van der Waals surface area contributed by atoms with Crippen LogP contribution in [0, 0.1) is 6.92 Å². The SMILES string of the molecule is Cc1nccn1-c1ccc(CC(N)=O)cc1. The number of rotatable bonds is 3. The molecule has 0 aliphatic heterocycles. The highest BCUT2D eigenvalue weighted by Crippen LogP contribution is 2.11. The van der Waals surface area contributed by atoms with Crippen LogP contribution in [0.1, 0.15) is 11.4 Å². The fourth-order valence-corrected chi connectivity index (χ4v) is 1.63. The van der Waals surface area contributed by atoms with Gasteiger partial charge < -0.3 is 10.3 Å². The number of hydrogen-bond acceptors (Lipinski definition) is 2. The summed E-state index contributed by atoms with van der Waals surface area (Å²) < 4.78 is 1.98. The molecule has 1 aromatic heterocycles. The molecule has 1 amide bonds. The number of carbonyl (C=O) groups is 1. The Labute approximate surface area is 93.7 Å². The molecule has 0 saturated carbocycles. The molecule has 1 aromatic carbocycles. The van der Waals surface area contributed by atoms with E-state index in [4.69, 9.17) is 5.73 Å². The molecule has 0 radical (unpaired) electrons. The fourth-order valence-electron chi connectivity index (χ4n) is 1.63. The normalized spacial score (nSPS) is 10.3. The summed E-state index contributed by atoms with van der Waals surface area (Å²) in [7, 11) is 0.